The average molecular weight is 233 g/mol. The monoisotopic (exact) mass is 233 g/mol. The molecule has 3 aliphatic rings. The van der Waals surface area contributed by atoms with E-state index in [2.05, 4.69) is 41.9 Å². The Labute approximate surface area is 104 Å². The van der Waals surface area contributed by atoms with Gasteiger partial charge in [0, 0.05) is 12.2 Å². The van der Waals surface area contributed by atoms with E-state index in [1.165, 1.54) is 50.0 Å². The summed E-state index contributed by atoms with van der Waals surface area (Å²) in [6.45, 7) is 6.86. The Bertz CT molecular complexity index is 362. The number of hydrazine groups is 1. The van der Waals surface area contributed by atoms with Crippen LogP contribution in [0.15, 0.2) is 23.5 Å². The van der Waals surface area contributed by atoms with Gasteiger partial charge in [-0.25, -0.2) is 0 Å². The van der Waals surface area contributed by atoms with Crippen molar-refractivity contribution in [3.8, 4) is 0 Å². The molecule has 0 unspecified atom stereocenters. The molecule has 17 heavy (non-hydrogen) atoms. The van der Waals surface area contributed by atoms with Gasteiger partial charge in [0.15, 0.2) is 0 Å². The number of rotatable bonds is 1. The third-order valence-corrected chi connectivity index (χ3v) is 4.44. The van der Waals surface area contributed by atoms with Crippen molar-refractivity contribution in [1.82, 2.24) is 15.8 Å². The van der Waals surface area contributed by atoms with Gasteiger partial charge in [0.25, 0.3) is 0 Å². The van der Waals surface area contributed by atoms with E-state index in [9.17, 15) is 0 Å². The molecule has 3 rings (SSSR count). The molecule has 1 saturated heterocycles. The quantitative estimate of drug-likeness (QED) is 0.726. The van der Waals surface area contributed by atoms with Gasteiger partial charge >= 0.3 is 0 Å². The Kier molecular flexibility index (Phi) is 2.66. The third kappa shape index (κ3) is 1.86. The first-order valence-electron chi connectivity index (χ1n) is 6.86. The first kappa shape index (κ1) is 11.1. The van der Waals surface area contributed by atoms with Crippen LogP contribution in [0.3, 0.4) is 0 Å². The lowest BCUT2D eigenvalue weighted by Crippen LogP contribution is -2.40. The molecule has 0 atom stereocenters. The zero-order valence-corrected chi connectivity index (χ0v) is 10.9. The molecule has 0 aromatic heterocycles. The minimum Gasteiger partial charge on any atom is -0.317 e. The topological polar surface area (TPSA) is 27.3 Å². The van der Waals surface area contributed by atoms with Crippen LogP contribution in [0.5, 0.6) is 0 Å². The predicted molar refractivity (Wildman–Crippen MR) is 70.0 cm³/mol. The SMILES string of the molecule is CC(C)N1NC=C2CC3(CC=C21)CCNCC3. The summed E-state index contributed by atoms with van der Waals surface area (Å²) in [7, 11) is 0. The predicted octanol–water partition coefficient (Wildman–Crippen LogP) is 2.15. The summed E-state index contributed by atoms with van der Waals surface area (Å²) in [6.07, 6.45) is 9.85. The van der Waals surface area contributed by atoms with Gasteiger partial charge in [0.1, 0.15) is 0 Å². The van der Waals surface area contributed by atoms with Crippen molar-refractivity contribution in [2.45, 2.75) is 45.6 Å². The Hall–Kier alpha value is -0.960. The van der Waals surface area contributed by atoms with Crippen LogP contribution in [-0.4, -0.2) is 24.1 Å². The van der Waals surface area contributed by atoms with Gasteiger partial charge in [0.2, 0.25) is 0 Å². The Balaban J connectivity index is 1.81. The summed E-state index contributed by atoms with van der Waals surface area (Å²) in [5.41, 5.74) is 6.91. The molecular formula is C14H23N3. The van der Waals surface area contributed by atoms with Crippen LogP contribution in [-0.2, 0) is 0 Å². The molecule has 1 fully saturated rings. The molecule has 0 radical (unpaired) electrons. The zero-order chi connectivity index (χ0) is 11.9. The minimum atomic E-state index is 0.525. The highest BCUT2D eigenvalue weighted by molar-refractivity contribution is 5.37. The van der Waals surface area contributed by atoms with Gasteiger partial charge in [-0.1, -0.05) is 6.08 Å². The highest BCUT2D eigenvalue weighted by atomic mass is 15.5. The lowest BCUT2D eigenvalue weighted by Gasteiger charge is -2.41. The summed E-state index contributed by atoms with van der Waals surface area (Å²) < 4.78 is 0. The van der Waals surface area contributed by atoms with E-state index in [-0.39, 0.29) is 0 Å². The second kappa shape index (κ2) is 4.05. The number of hydrogen-bond acceptors (Lipinski definition) is 3. The molecule has 0 bridgehead atoms. The molecule has 2 aliphatic heterocycles. The van der Waals surface area contributed by atoms with Gasteiger partial charge in [0.05, 0.1) is 5.70 Å². The maximum absolute atomic E-state index is 3.48. The molecule has 2 N–H and O–H groups in total. The van der Waals surface area contributed by atoms with E-state index in [1.807, 2.05) is 0 Å². The van der Waals surface area contributed by atoms with Crippen molar-refractivity contribution < 1.29 is 0 Å². The Morgan fingerprint density at radius 2 is 2.06 bits per heavy atom. The van der Waals surface area contributed by atoms with Crippen LogP contribution < -0.4 is 10.7 Å². The average Bonchev–Trinajstić information content (AvgIpc) is 2.72. The standard InChI is InChI=1S/C14H23N3/c1-11(2)17-13-3-4-14(5-7-15-8-6-14)9-12(13)10-16-17/h3,10-11,15-16H,4-9H2,1-2H3. The van der Waals surface area contributed by atoms with Crippen LogP contribution in [0, 0.1) is 5.41 Å². The van der Waals surface area contributed by atoms with E-state index in [0.29, 0.717) is 11.5 Å². The van der Waals surface area contributed by atoms with Crippen molar-refractivity contribution in [2.24, 2.45) is 5.41 Å². The number of nitrogens with one attached hydrogen (secondary N) is 2. The summed E-state index contributed by atoms with van der Waals surface area (Å²) >= 11 is 0. The van der Waals surface area contributed by atoms with Crippen LogP contribution in [0.25, 0.3) is 0 Å². The highest BCUT2D eigenvalue weighted by Gasteiger charge is 2.38. The first-order valence-corrected chi connectivity index (χ1v) is 6.86. The molecule has 3 heteroatoms. The van der Waals surface area contributed by atoms with Gasteiger partial charge in [-0.2, -0.15) is 0 Å². The number of allylic oxidation sites excluding steroid dienone is 2. The number of piperidine rings is 1. The molecule has 94 valence electrons. The molecule has 0 saturated carbocycles. The van der Waals surface area contributed by atoms with E-state index >= 15 is 0 Å². The Morgan fingerprint density at radius 3 is 2.76 bits per heavy atom. The number of hydrogen-bond donors (Lipinski definition) is 2. The second-order valence-electron chi connectivity index (χ2n) is 5.98. The molecule has 2 heterocycles. The lowest BCUT2D eigenvalue weighted by molar-refractivity contribution is 0.186. The summed E-state index contributed by atoms with van der Waals surface area (Å²) in [5.74, 6) is 0. The third-order valence-electron chi connectivity index (χ3n) is 4.44. The fraction of sp³-hybridized carbons (Fsp3) is 0.714. The van der Waals surface area contributed by atoms with Gasteiger partial charge in [-0.15, -0.1) is 0 Å². The zero-order valence-electron chi connectivity index (χ0n) is 10.9. The number of nitrogens with zero attached hydrogens (tertiary/aromatic N) is 1. The van der Waals surface area contributed by atoms with Crippen molar-refractivity contribution in [3.63, 3.8) is 0 Å². The maximum Gasteiger partial charge on any atom is 0.0582 e. The van der Waals surface area contributed by atoms with Crippen LogP contribution >= 0.6 is 0 Å². The van der Waals surface area contributed by atoms with Crippen LogP contribution in [0.1, 0.15) is 39.5 Å². The van der Waals surface area contributed by atoms with Crippen molar-refractivity contribution in [1.29, 1.82) is 0 Å². The molecule has 0 aromatic carbocycles. The molecular weight excluding hydrogens is 210 g/mol. The maximum atomic E-state index is 3.48. The van der Waals surface area contributed by atoms with E-state index in [0.717, 1.165) is 0 Å². The van der Waals surface area contributed by atoms with E-state index < -0.39 is 0 Å². The van der Waals surface area contributed by atoms with Gasteiger partial charge in [-0.3, -0.25) is 5.01 Å². The fourth-order valence-corrected chi connectivity index (χ4v) is 3.37. The van der Waals surface area contributed by atoms with E-state index in [4.69, 9.17) is 0 Å². The first-order chi connectivity index (χ1) is 8.20. The second-order valence-corrected chi connectivity index (χ2v) is 5.98. The molecule has 0 amide bonds. The van der Waals surface area contributed by atoms with Gasteiger partial charge < -0.3 is 10.7 Å². The summed E-state index contributed by atoms with van der Waals surface area (Å²) in [5, 5.41) is 5.77. The van der Waals surface area contributed by atoms with Gasteiger partial charge in [-0.05, 0) is 63.6 Å². The van der Waals surface area contributed by atoms with Crippen molar-refractivity contribution >= 4 is 0 Å². The van der Waals surface area contributed by atoms with Crippen molar-refractivity contribution in [3.05, 3.63) is 23.5 Å². The Morgan fingerprint density at radius 1 is 1.29 bits per heavy atom. The minimum absolute atomic E-state index is 0.525. The normalized spacial score (nSPS) is 26.6. The van der Waals surface area contributed by atoms with Crippen molar-refractivity contribution in [2.75, 3.05) is 13.1 Å². The molecule has 0 aromatic rings. The molecule has 3 nitrogen and oxygen atoms in total. The van der Waals surface area contributed by atoms with E-state index in [1.54, 1.807) is 0 Å². The van der Waals surface area contributed by atoms with Crippen LogP contribution in [0.2, 0.25) is 0 Å². The fourth-order valence-electron chi connectivity index (χ4n) is 3.37. The summed E-state index contributed by atoms with van der Waals surface area (Å²) in [6, 6.07) is 0.525. The van der Waals surface area contributed by atoms with Crippen LogP contribution in [0.4, 0.5) is 0 Å². The smallest absolute Gasteiger partial charge is 0.0582 e. The summed E-state index contributed by atoms with van der Waals surface area (Å²) in [4.78, 5) is 0. The molecule has 1 aliphatic carbocycles. The highest BCUT2D eigenvalue weighted by Crippen LogP contribution is 2.46. The largest absolute Gasteiger partial charge is 0.317 e. The lowest BCUT2D eigenvalue weighted by atomic mass is 9.68. The molecule has 1 spiro atoms. The number of fused-ring (bicyclic) bond motifs is 1.